The second-order valence-electron chi connectivity index (χ2n) is 6.64. The Bertz CT molecular complexity index is 844. The summed E-state index contributed by atoms with van der Waals surface area (Å²) < 4.78 is 0. The minimum Gasteiger partial charge on any atom is -0.477 e. The summed E-state index contributed by atoms with van der Waals surface area (Å²) in [7, 11) is 0. The fourth-order valence-electron chi connectivity index (χ4n) is 3.47. The highest BCUT2D eigenvalue weighted by Crippen LogP contribution is 2.32. The van der Waals surface area contributed by atoms with Crippen molar-refractivity contribution in [3.8, 4) is 6.07 Å². The third-order valence-electron chi connectivity index (χ3n) is 4.84. The minimum absolute atomic E-state index is 0.204. The van der Waals surface area contributed by atoms with Crippen LogP contribution in [0.15, 0.2) is 54.1 Å². The van der Waals surface area contributed by atoms with Crippen molar-refractivity contribution < 1.29 is 9.90 Å². The molecule has 0 saturated carbocycles. The number of benzene rings is 2. The number of hydrogen-bond donors (Lipinski definition) is 1. The minimum atomic E-state index is -1.19. The van der Waals surface area contributed by atoms with Crippen molar-refractivity contribution >= 4 is 11.5 Å². The quantitative estimate of drug-likeness (QED) is 0.350. The molecule has 0 unspecified atom stereocenters. The number of hydrogen-bond acceptors (Lipinski definition) is 2. The summed E-state index contributed by atoms with van der Waals surface area (Å²) in [6.07, 6.45) is 6.37. The number of aryl methyl sites for hydroxylation is 1. The molecule has 0 fully saturated rings. The van der Waals surface area contributed by atoms with Crippen LogP contribution in [0.3, 0.4) is 0 Å². The standard InChI is InChI=1S/C24H27NO2/c1-3-5-6-10-15-20-18(4-2)14-11-16-21(20)23(22(17-25)24(26)27)19-12-8-7-9-13-19/h7-9,11-14,16H,3-6,10,15H2,1-2H3,(H,26,27). The molecule has 0 spiro atoms. The van der Waals surface area contributed by atoms with Crippen LogP contribution in [0.5, 0.6) is 0 Å². The topological polar surface area (TPSA) is 61.1 Å². The lowest BCUT2D eigenvalue weighted by atomic mass is 9.85. The Morgan fingerprint density at radius 1 is 1.00 bits per heavy atom. The number of rotatable bonds is 9. The zero-order valence-electron chi connectivity index (χ0n) is 16.2. The second kappa shape index (κ2) is 10.3. The lowest BCUT2D eigenvalue weighted by molar-refractivity contribution is -0.132. The lowest BCUT2D eigenvalue weighted by Gasteiger charge is -2.18. The average molecular weight is 361 g/mol. The van der Waals surface area contributed by atoms with Crippen molar-refractivity contribution in [3.05, 3.63) is 76.4 Å². The fourth-order valence-corrected chi connectivity index (χ4v) is 3.47. The van der Waals surface area contributed by atoms with E-state index in [1.807, 2.05) is 48.5 Å². The molecular formula is C24H27NO2. The van der Waals surface area contributed by atoms with Gasteiger partial charge in [-0.3, -0.25) is 0 Å². The van der Waals surface area contributed by atoms with Crippen molar-refractivity contribution in [1.29, 1.82) is 5.26 Å². The van der Waals surface area contributed by atoms with Gasteiger partial charge in [-0.25, -0.2) is 4.79 Å². The number of aliphatic carboxylic acids is 1. The van der Waals surface area contributed by atoms with E-state index in [1.54, 1.807) is 0 Å². The first-order valence-electron chi connectivity index (χ1n) is 9.68. The zero-order valence-corrected chi connectivity index (χ0v) is 16.2. The largest absolute Gasteiger partial charge is 0.477 e. The summed E-state index contributed by atoms with van der Waals surface area (Å²) in [6.45, 7) is 4.30. The molecule has 0 aliphatic carbocycles. The van der Waals surface area contributed by atoms with Gasteiger partial charge in [0.05, 0.1) is 0 Å². The summed E-state index contributed by atoms with van der Waals surface area (Å²) in [6, 6.07) is 17.3. The van der Waals surface area contributed by atoms with E-state index in [0.29, 0.717) is 5.57 Å². The fraction of sp³-hybridized carbons (Fsp3) is 0.333. The first-order valence-corrected chi connectivity index (χ1v) is 9.68. The van der Waals surface area contributed by atoms with Gasteiger partial charge < -0.3 is 5.11 Å². The summed E-state index contributed by atoms with van der Waals surface area (Å²) in [5, 5.41) is 19.2. The van der Waals surface area contributed by atoms with Crippen LogP contribution in [0, 0.1) is 11.3 Å². The maximum absolute atomic E-state index is 11.8. The molecule has 140 valence electrons. The molecule has 0 aliphatic rings. The Balaban J connectivity index is 2.66. The SMILES string of the molecule is CCCCCCc1c(CC)cccc1C(=C(C#N)C(=O)O)c1ccccc1. The molecule has 0 heterocycles. The van der Waals surface area contributed by atoms with E-state index >= 15 is 0 Å². The summed E-state index contributed by atoms with van der Waals surface area (Å²) in [4.78, 5) is 11.8. The monoisotopic (exact) mass is 361 g/mol. The first kappa shape index (κ1) is 20.5. The van der Waals surface area contributed by atoms with E-state index < -0.39 is 5.97 Å². The lowest BCUT2D eigenvalue weighted by Crippen LogP contribution is -2.07. The summed E-state index contributed by atoms with van der Waals surface area (Å²) in [5.41, 5.74) is 4.34. The molecule has 2 aromatic rings. The molecule has 2 aromatic carbocycles. The number of nitrogens with zero attached hydrogens (tertiary/aromatic N) is 1. The third-order valence-corrected chi connectivity index (χ3v) is 4.84. The second-order valence-corrected chi connectivity index (χ2v) is 6.64. The van der Waals surface area contributed by atoms with Crippen molar-refractivity contribution in [1.82, 2.24) is 0 Å². The highest BCUT2D eigenvalue weighted by Gasteiger charge is 2.21. The Morgan fingerprint density at radius 3 is 2.33 bits per heavy atom. The molecule has 0 atom stereocenters. The highest BCUT2D eigenvalue weighted by atomic mass is 16.4. The summed E-state index contributed by atoms with van der Waals surface area (Å²) in [5.74, 6) is -1.19. The van der Waals surface area contributed by atoms with Crippen LogP contribution in [0.2, 0.25) is 0 Å². The number of nitriles is 1. The van der Waals surface area contributed by atoms with Gasteiger partial charge in [0, 0.05) is 5.57 Å². The molecular weight excluding hydrogens is 334 g/mol. The molecule has 0 saturated heterocycles. The Labute approximate surface area is 162 Å². The van der Waals surface area contributed by atoms with E-state index in [0.717, 1.165) is 36.8 Å². The van der Waals surface area contributed by atoms with Gasteiger partial charge in [-0.05, 0) is 41.5 Å². The normalized spacial score (nSPS) is 11.6. The van der Waals surface area contributed by atoms with Gasteiger partial charge in [0.1, 0.15) is 11.6 Å². The molecule has 0 aliphatic heterocycles. The first-order chi connectivity index (χ1) is 13.1. The molecule has 0 radical (unpaired) electrons. The van der Waals surface area contributed by atoms with Gasteiger partial charge in [0.15, 0.2) is 0 Å². The van der Waals surface area contributed by atoms with Gasteiger partial charge in [-0.1, -0.05) is 81.6 Å². The number of carboxylic acids is 1. The molecule has 1 N–H and O–H groups in total. The molecule has 27 heavy (non-hydrogen) atoms. The van der Waals surface area contributed by atoms with E-state index in [4.69, 9.17) is 0 Å². The van der Waals surface area contributed by atoms with E-state index in [-0.39, 0.29) is 5.57 Å². The zero-order chi connectivity index (χ0) is 19.6. The molecule has 0 amide bonds. The van der Waals surface area contributed by atoms with Crippen molar-refractivity contribution in [2.75, 3.05) is 0 Å². The smallest absolute Gasteiger partial charge is 0.347 e. The third kappa shape index (κ3) is 5.08. The molecule has 3 nitrogen and oxygen atoms in total. The average Bonchev–Trinajstić information content (AvgIpc) is 2.69. The van der Waals surface area contributed by atoms with Gasteiger partial charge in [-0.2, -0.15) is 5.26 Å². The van der Waals surface area contributed by atoms with Crippen LogP contribution in [0.4, 0.5) is 0 Å². The number of unbranched alkanes of at least 4 members (excludes halogenated alkanes) is 3. The van der Waals surface area contributed by atoms with Crippen molar-refractivity contribution in [2.45, 2.75) is 52.4 Å². The van der Waals surface area contributed by atoms with Crippen molar-refractivity contribution in [3.63, 3.8) is 0 Å². The summed E-state index contributed by atoms with van der Waals surface area (Å²) >= 11 is 0. The van der Waals surface area contributed by atoms with Crippen LogP contribution in [0.1, 0.15) is 61.8 Å². The Hall–Kier alpha value is -2.86. The van der Waals surface area contributed by atoms with Gasteiger partial charge in [-0.15, -0.1) is 0 Å². The van der Waals surface area contributed by atoms with E-state index in [2.05, 4.69) is 19.9 Å². The maximum Gasteiger partial charge on any atom is 0.347 e. The molecule has 0 aromatic heterocycles. The van der Waals surface area contributed by atoms with Crippen molar-refractivity contribution in [2.24, 2.45) is 0 Å². The number of carboxylic acid groups (broad SMARTS) is 1. The van der Waals surface area contributed by atoms with Crippen LogP contribution >= 0.6 is 0 Å². The predicted molar refractivity (Wildman–Crippen MR) is 109 cm³/mol. The van der Waals surface area contributed by atoms with Crippen LogP contribution in [-0.4, -0.2) is 11.1 Å². The van der Waals surface area contributed by atoms with Crippen LogP contribution < -0.4 is 0 Å². The van der Waals surface area contributed by atoms with Gasteiger partial charge in [0.25, 0.3) is 0 Å². The van der Waals surface area contributed by atoms with Crippen LogP contribution in [0.25, 0.3) is 5.57 Å². The predicted octanol–water partition coefficient (Wildman–Crippen LogP) is 5.78. The molecule has 3 heteroatoms. The van der Waals surface area contributed by atoms with Crippen LogP contribution in [-0.2, 0) is 17.6 Å². The van der Waals surface area contributed by atoms with Gasteiger partial charge in [0.2, 0.25) is 0 Å². The number of carbonyl (C=O) groups is 1. The molecule has 2 rings (SSSR count). The Morgan fingerprint density at radius 2 is 1.74 bits per heavy atom. The molecule has 0 bridgehead atoms. The van der Waals surface area contributed by atoms with E-state index in [1.165, 1.54) is 24.0 Å². The Kier molecular flexibility index (Phi) is 7.82. The maximum atomic E-state index is 11.8. The highest BCUT2D eigenvalue weighted by molar-refractivity contribution is 6.04. The van der Waals surface area contributed by atoms with E-state index in [9.17, 15) is 15.2 Å². The van der Waals surface area contributed by atoms with Gasteiger partial charge >= 0.3 is 5.97 Å².